The molecule has 0 heterocycles. The van der Waals surface area contributed by atoms with Crippen LogP contribution >= 0.6 is 0 Å². The first-order valence-electron chi connectivity index (χ1n) is 12.9. The summed E-state index contributed by atoms with van der Waals surface area (Å²) in [4.78, 5) is 36.2. The molecule has 3 aromatic rings. The van der Waals surface area contributed by atoms with Gasteiger partial charge in [0, 0.05) is 6.08 Å². The molecule has 204 valence electrons. The minimum absolute atomic E-state index is 0.364. The normalized spacial score (nSPS) is 10.4. The second-order valence-corrected chi connectivity index (χ2v) is 9.19. The lowest BCUT2D eigenvalue weighted by Gasteiger charge is -2.11. The lowest BCUT2D eigenvalue weighted by Crippen LogP contribution is -2.12. The second-order valence-electron chi connectivity index (χ2n) is 9.19. The zero-order valence-corrected chi connectivity index (χ0v) is 22.7. The molecule has 0 aliphatic carbocycles. The topological polar surface area (TPSA) is 88.1 Å². The Labute approximate surface area is 229 Å². The van der Waals surface area contributed by atoms with E-state index in [4.69, 9.17) is 18.9 Å². The van der Waals surface area contributed by atoms with E-state index in [0.717, 1.165) is 42.9 Å². The predicted molar refractivity (Wildman–Crippen MR) is 149 cm³/mol. The minimum Gasteiger partial charge on any atom is -0.494 e. The van der Waals surface area contributed by atoms with E-state index in [1.807, 2.05) is 26.0 Å². The van der Waals surface area contributed by atoms with Gasteiger partial charge in [0.05, 0.1) is 24.3 Å². The lowest BCUT2D eigenvalue weighted by atomic mass is 10.1. The molecular weight excluding hydrogens is 496 g/mol. The van der Waals surface area contributed by atoms with E-state index in [1.54, 1.807) is 55.5 Å². The molecule has 0 amide bonds. The van der Waals surface area contributed by atoms with Gasteiger partial charge in [0.25, 0.3) is 0 Å². The fraction of sp³-hybridized carbons (Fsp3) is 0.281. The first-order valence-corrected chi connectivity index (χ1v) is 12.9. The Morgan fingerprint density at radius 2 is 1.26 bits per heavy atom. The highest BCUT2D eigenvalue weighted by Gasteiger charge is 2.15. The SMILES string of the molecule is C=CC(=O)OCCCCCCOc1ccc(C(=O)Oc2ccc(C(=O)Oc3ccc(C)cc3C)cc2C)cc1. The molecule has 0 saturated carbocycles. The maximum absolute atomic E-state index is 12.7. The number of rotatable bonds is 13. The van der Waals surface area contributed by atoms with Crippen molar-refractivity contribution in [3.05, 3.63) is 101 Å². The van der Waals surface area contributed by atoms with Crippen LogP contribution in [0.1, 0.15) is 63.1 Å². The number of aryl methyl sites for hydroxylation is 3. The Bertz CT molecular complexity index is 1310. The summed E-state index contributed by atoms with van der Waals surface area (Å²) in [6.45, 7) is 9.93. The molecule has 0 aromatic heterocycles. The summed E-state index contributed by atoms with van der Waals surface area (Å²) < 4.78 is 21.8. The van der Waals surface area contributed by atoms with Crippen LogP contribution in [0.4, 0.5) is 0 Å². The van der Waals surface area contributed by atoms with Gasteiger partial charge in [0.2, 0.25) is 0 Å². The van der Waals surface area contributed by atoms with Gasteiger partial charge in [0.15, 0.2) is 0 Å². The number of hydrogen-bond acceptors (Lipinski definition) is 7. The molecule has 3 aromatic carbocycles. The van der Waals surface area contributed by atoms with E-state index in [1.165, 1.54) is 0 Å². The third-order valence-corrected chi connectivity index (χ3v) is 5.95. The monoisotopic (exact) mass is 530 g/mol. The quantitative estimate of drug-likeness (QED) is 0.105. The number of esters is 3. The van der Waals surface area contributed by atoms with Gasteiger partial charge < -0.3 is 18.9 Å². The first kappa shape index (κ1) is 29.2. The molecule has 0 saturated heterocycles. The average molecular weight is 531 g/mol. The standard InChI is InChI=1S/C32H34O7/c1-5-30(33)37-19-9-7-6-8-18-36-27-14-11-25(12-15-27)31(34)38-29-17-13-26(21-24(29)4)32(35)39-28-16-10-22(2)20-23(28)3/h5,10-17,20-21H,1,6-9,18-19H2,2-4H3. The van der Waals surface area contributed by atoms with E-state index in [0.29, 0.717) is 47.2 Å². The fourth-order valence-corrected chi connectivity index (χ4v) is 3.79. The van der Waals surface area contributed by atoms with Crippen molar-refractivity contribution >= 4 is 17.9 Å². The molecule has 0 atom stereocenters. The molecule has 0 unspecified atom stereocenters. The van der Waals surface area contributed by atoms with Gasteiger partial charge in [-0.1, -0.05) is 24.3 Å². The molecule has 0 radical (unpaired) electrons. The highest BCUT2D eigenvalue weighted by atomic mass is 16.5. The Balaban J connectivity index is 1.45. The average Bonchev–Trinajstić information content (AvgIpc) is 2.92. The van der Waals surface area contributed by atoms with Crippen molar-refractivity contribution < 1.29 is 33.3 Å². The molecule has 0 N–H and O–H groups in total. The molecule has 0 spiro atoms. The van der Waals surface area contributed by atoms with Gasteiger partial charge >= 0.3 is 17.9 Å². The van der Waals surface area contributed by atoms with E-state index in [9.17, 15) is 14.4 Å². The van der Waals surface area contributed by atoms with Gasteiger partial charge in [-0.25, -0.2) is 14.4 Å². The number of unbranched alkanes of at least 4 members (excludes halogenated alkanes) is 3. The minimum atomic E-state index is -0.507. The predicted octanol–water partition coefficient (Wildman–Crippen LogP) is 6.72. The summed E-state index contributed by atoms with van der Waals surface area (Å²) in [7, 11) is 0. The van der Waals surface area contributed by atoms with Gasteiger partial charge in [-0.3, -0.25) is 0 Å². The number of carbonyl (C=O) groups is 3. The molecule has 3 rings (SSSR count). The van der Waals surface area contributed by atoms with Gasteiger partial charge in [0.1, 0.15) is 17.2 Å². The number of carbonyl (C=O) groups excluding carboxylic acids is 3. The van der Waals surface area contributed by atoms with Crippen molar-refractivity contribution in [1.29, 1.82) is 0 Å². The fourth-order valence-electron chi connectivity index (χ4n) is 3.79. The summed E-state index contributed by atoms with van der Waals surface area (Å²) in [5.41, 5.74) is 3.35. The van der Waals surface area contributed by atoms with Crippen LogP contribution in [0, 0.1) is 20.8 Å². The van der Waals surface area contributed by atoms with Crippen LogP contribution in [0.25, 0.3) is 0 Å². The number of ether oxygens (including phenoxy) is 4. The molecule has 0 aliphatic rings. The Hall–Kier alpha value is -4.39. The maximum atomic E-state index is 12.7. The third-order valence-electron chi connectivity index (χ3n) is 5.95. The van der Waals surface area contributed by atoms with Crippen LogP contribution < -0.4 is 14.2 Å². The highest BCUT2D eigenvalue weighted by molar-refractivity contribution is 5.93. The number of benzene rings is 3. The largest absolute Gasteiger partial charge is 0.494 e. The van der Waals surface area contributed by atoms with Crippen LogP contribution in [0.2, 0.25) is 0 Å². The van der Waals surface area contributed by atoms with Crippen LogP contribution in [0.5, 0.6) is 17.2 Å². The van der Waals surface area contributed by atoms with E-state index in [2.05, 4.69) is 6.58 Å². The highest BCUT2D eigenvalue weighted by Crippen LogP contribution is 2.24. The van der Waals surface area contributed by atoms with Crippen molar-refractivity contribution in [2.24, 2.45) is 0 Å². The van der Waals surface area contributed by atoms with Crippen molar-refractivity contribution in [2.45, 2.75) is 46.5 Å². The zero-order valence-electron chi connectivity index (χ0n) is 22.7. The van der Waals surface area contributed by atoms with Crippen LogP contribution in [0.3, 0.4) is 0 Å². The van der Waals surface area contributed by atoms with Crippen LogP contribution in [-0.4, -0.2) is 31.1 Å². The summed E-state index contributed by atoms with van der Waals surface area (Å²) in [6.07, 6.45) is 4.72. The zero-order chi connectivity index (χ0) is 28.2. The van der Waals surface area contributed by atoms with Crippen molar-refractivity contribution in [1.82, 2.24) is 0 Å². The van der Waals surface area contributed by atoms with Crippen molar-refractivity contribution in [2.75, 3.05) is 13.2 Å². The summed E-state index contributed by atoms with van der Waals surface area (Å²) in [6, 6.07) is 17.2. The van der Waals surface area contributed by atoms with E-state index < -0.39 is 17.9 Å². The molecular formula is C32H34O7. The Morgan fingerprint density at radius 3 is 1.87 bits per heavy atom. The first-order chi connectivity index (χ1) is 18.8. The van der Waals surface area contributed by atoms with Gasteiger partial charge in [-0.15, -0.1) is 0 Å². The van der Waals surface area contributed by atoms with Gasteiger partial charge in [-0.2, -0.15) is 0 Å². The molecule has 0 bridgehead atoms. The van der Waals surface area contributed by atoms with Gasteiger partial charge in [-0.05, 0) is 106 Å². The molecule has 39 heavy (non-hydrogen) atoms. The van der Waals surface area contributed by atoms with Crippen molar-refractivity contribution in [3.63, 3.8) is 0 Å². The Kier molecular flexibility index (Phi) is 10.9. The summed E-state index contributed by atoms with van der Waals surface area (Å²) >= 11 is 0. The van der Waals surface area contributed by atoms with E-state index in [-0.39, 0.29) is 0 Å². The molecule has 0 aliphatic heterocycles. The molecule has 0 fully saturated rings. The summed E-state index contributed by atoms with van der Waals surface area (Å²) in [5, 5.41) is 0. The molecule has 7 nitrogen and oxygen atoms in total. The number of hydrogen-bond donors (Lipinski definition) is 0. The Morgan fingerprint density at radius 1 is 0.692 bits per heavy atom. The van der Waals surface area contributed by atoms with Crippen LogP contribution in [-0.2, 0) is 9.53 Å². The van der Waals surface area contributed by atoms with E-state index >= 15 is 0 Å². The lowest BCUT2D eigenvalue weighted by molar-refractivity contribution is -0.137. The smallest absolute Gasteiger partial charge is 0.343 e. The molecule has 7 heteroatoms. The summed E-state index contributed by atoms with van der Waals surface area (Å²) in [5.74, 6) is 0.150. The second kappa shape index (κ2) is 14.5. The third kappa shape index (κ3) is 9.14. The maximum Gasteiger partial charge on any atom is 0.343 e. The van der Waals surface area contributed by atoms with Crippen molar-refractivity contribution in [3.8, 4) is 17.2 Å². The van der Waals surface area contributed by atoms with Crippen LogP contribution in [0.15, 0.2) is 73.3 Å².